The Balaban J connectivity index is 2.57. The van der Waals surface area contributed by atoms with Crippen LogP contribution in [-0.4, -0.2) is 18.6 Å². The zero-order valence-corrected chi connectivity index (χ0v) is 16.4. The quantitative estimate of drug-likeness (QED) is 0.823. The van der Waals surface area contributed by atoms with Gasteiger partial charge in [-0.1, -0.05) is 53.7 Å². The summed E-state index contributed by atoms with van der Waals surface area (Å²) in [5.74, 6) is -0.626. The first-order valence-corrected chi connectivity index (χ1v) is 9.65. The molecular weight excluding hydrogens is 336 g/mol. The topological polar surface area (TPSA) is 74.6 Å². The van der Waals surface area contributed by atoms with Crippen LogP contribution in [0.5, 0.6) is 11.5 Å². The number of hydrogen-bond acceptors (Lipinski definition) is 4. The Morgan fingerprint density at radius 1 is 0.680 bits per heavy atom. The molecule has 0 aromatic heterocycles. The van der Waals surface area contributed by atoms with Crippen molar-refractivity contribution >= 4 is 9.84 Å². The van der Waals surface area contributed by atoms with Crippen molar-refractivity contribution in [3.8, 4) is 11.5 Å². The van der Waals surface area contributed by atoms with Gasteiger partial charge in [0.25, 0.3) is 0 Å². The summed E-state index contributed by atoms with van der Waals surface area (Å²) in [5, 5.41) is 20.5. The molecule has 2 aromatic rings. The summed E-state index contributed by atoms with van der Waals surface area (Å²) in [6.07, 6.45) is 0. The minimum Gasteiger partial charge on any atom is -0.507 e. The van der Waals surface area contributed by atoms with Gasteiger partial charge in [-0.05, 0) is 46.2 Å². The van der Waals surface area contributed by atoms with E-state index in [1.807, 2.05) is 41.5 Å². The molecule has 0 spiro atoms. The fourth-order valence-corrected chi connectivity index (χ4v) is 3.94. The Morgan fingerprint density at radius 2 is 1.00 bits per heavy atom. The van der Waals surface area contributed by atoms with E-state index in [2.05, 4.69) is 0 Å². The van der Waals surface area contributed by atoms with Crippen molar-refractivity contribution in [3.05, 3.63) is 47.5 Å². The number of benzene rings is 2. The Labute approximate surface area is 150 Å². The standard InChI is InChI=1S/C20H26O4S/c1-19(2,3)13-7-9-17(15(21)11-13)25(23,24)18-10-8-14(12-16(18)22)20(4,5)6/h7-12,21-22H,1-6H3. The molecule has 25 heavy (non-hydrogen) atoms. The van der Waals surface area contributed by atoms with E-state index in [9.17, 15) is 18.6 Å². The van der Waals surface area contributed by atoms with Gasteiger partial charge >= 0.3 is 0 Å². The van der Waals surface area contributed by atoms with Gasteiger partial charge in [-0.25, -0.2) is 8.42 Å². The molecule has 0 fully saturated rings. The molecule has 0 unspecified atom stereocenters. The largest absolute Gasteiger partial charge is 0.507 e. The van der Waals surface area contributed by atoms with Crippen LogP contribution in [0.2, 0.25) is 0 Å². The van der Waals surface area contributed by atoms with Crippen LogP contribution in [0.25, 0.3) is 0 Å². The minimum absolute atomic E-state index is 0.209. The van der Waals surface area contributed by atoms with Gasteiger partial charge in [-0.15, -0.1) is 0 Å². The number of sulfone groups is 1. The van der Waals surface area contributed by atoms with E-state index in [-0.39, 0.29) is 32.1 Å². The minimum atomic E-state index is -4.02. The van der Waals surface area contributed by atoms with E-state index >= 15 is 0 Å². The molecule has 0 saturated heterocycles. The van der Waals surface area contributed by atoms with Crippen LogP contribution in [-0.2, 0) is 20.7 Å². The lowest BCUT2D eigenvalue weighted by atomic mass is 9.87. The molecule has 0 radical (unpaired) electrons. The van der Waals surface area contributed by atoms with Crippen molar-refractivity contribution in [1.29, 1.82) is 0 Å². The van der Waals surface area contributed by atoms with E-state index in [1.165, 1.54) is 24.3 Å². The third kappa shape index (κ3) is 3.82. The lowest BCUT2D eigenvalue weighted by molar-refractivity contribution is 0.448. The van der Waals surface area contributed by atoms with E-state index in [0.717, 1.165) is 11.1 Å². The second kappa shape index (κ2) is 6.06. The smallest absolute Gasteiger partial charge is 0.213 e. The maximum atomic E-state index is 12.9. The molecule has 0 aliphatic rings. The number of rotatable bonds is 2. The lowest BCUT2D eigenvalue weighted by Crippen LogP contribution is -2.13. The molecule has 0 atom stereocenters. The first kappa shape index (κ1) is 19.3. The first-order chi connectivity index (χ1) is 11.2. The summed E-state index contributed by atoms with van der Waals surface area (Å²) in [6.45, 7) is 11.9. The third-order valence-electron chi connectivity index (χ3n) is 4.23. The van der Waals surface area contributed by atoms with Crippen molar-refractivity contribution in [3.63, 3.8) is 0 Å². The molecule has 0 heterocycles. The van der Waals surface area contributed by atoms with Crippen LogP contribution >= 0.6 is 0 Å². The molecular formula is C20H26O4S. The molecule has 0 saturated carbocycles. The average molecular weight is 362 g/mol. The Bertz CT molecular complexity index is 829. The van der Waals surface area contributed by atoms with E-state index in [1.54, 1.807) is 12.1 Å². The van der Waals surface area contributed by atoms with Gasteiger partial charge in [0, 0.05) is 0 Å². The van der Waals surface area contributed by atoms with E-state index in [0.29, 0.717) is 0 Å². The molecule has 5 heteroatoms. The summed E-state index contributed by atoms with van der Waals surface area (Å²) in [4.78, 5) is -0.418. The molecule has 2 aromatic carbocycles. The molecule has 2 rings (SSSR count). The zero-order chi connectivity index (χ0) is 19.2. The highest BCUT2D eigenvalue weighted by molar-refractivity contribution is 7.91. The number of aromatic hydroxyl groups is 2. The SMILES string of the molecule is CC(C)(C)c1ccc(S(=O)(=O)c2ccc(C(C)(C)C)cc2O)c(O)c1. The van der Waals surface area contributed by atoms with E-state index in [4.69, 9.17) is 0 Å². The highest BCUT2D eigenvalue weighted by Gasteiger charge is 2.27. The summed E-state index contributed by atoms with van der Waals surface area (Å²) in [5.41, 5.74) is 1.24. The normalized spacial score (nSPS) is 13.0. The average Bonchev–Trinajstić information content (AvgIpc) is 2.44. The fraction of sp³-hybridized carbons (Fsp3) is 0.400. The predicted octanol–water partition coefficient (Wildman–Crippen LogP) is 4.53. The van der Waals surface area contributed by atoms with Gasteiger partial charge in [0.2, 0.25) is 9.84 Å². The Morgan fingerprint density at radius 3 is 1.24 bits per heavy atom. The summed E-state index contributed by atoms with van der Waals surface area (Å²) < 4.78 is 25.8. The maximum absolute atomic E-state index is 12.9. The highest BCUT2D eigenvalue weighted by Crippen LogP contribution is 2.37. The summed E-state index contributed by atoms with van der Waals surface area (Å²) >= 11 is 0. The summed E-state index contributed by atoms with van der Waals surface area (Å²) in [7, 11) is -4.02. The van der Waals surface area contributed by atoms with E-state index < -0.39 is 9.84 Å². The van der Waals surface area contributed by atoms with Crippen LogP contribution in [0.15, 0.2) is 46.2 Å². The summed E-state index contributed by atoms with van der Waals surface area (Å²) in [6, 6.07) is 9.09. The number of phenols is 2. The number of phenolic OH excluding ortho intramolecular Hbond substituents is 2. The second-order valence-corrected chi connectivity index (χ2v) is 10.3. The van der Waals surface area contributed by atoms with Gasteiger partial charge < -0.3 is 10.2 Å². The Kier molecular flexibility index (Phi) is 4.68. The van der Waals surface area contributed by atoms with Gasteiger partial charge in [0.05, 0.1) is 0 Å². The van der Waals surface area contributed by atoms with Crippen LogP contribution in [0, 0.1) is 0 Å². The fourth-order valence-electron chi connectivity index (χ4n) is 2.54. The van der Waals surface area contributed by atoms with Crippen LogP contribution in [0.3, 0.4) is 0 Å². The zero-order valence-electron chi connectivity index (χ0n) is 15.6. The molecule has 0 amide bonds. The first-order valence-electron chi connectivity index (χ1n) is 8.16. The second-order valence-electron chi connectivity index (χ2n) is 8.37. The van der Waals surface area contributed by atoms with Crippen molar-refractivity contribution in [2.75, 3.05) is 0 Å². The van der Waals surface area contributed by atoms with Crippen molar-refractivity contribution in [2.24, 2.45) is 0 Å². The van der Waals surface area contributed by atoms with Gasteiger partial charge in [-0.3, -0.25) is 0 Å². The molecule has 2 N–H and O–H groups in total. The van der Waals surface area contributed by atoms with Crippen molar-refractivity contribution in [2.45, 2.75) is 62.2 Å². The van der Waals surface area contributed by atoms with Crippen molar-refractivity contribution < 1.29 is 18.6 Å². The van der Waals surface area contributed by atoms with Crippen LogP contribution in [0.1, 0.15) is 52.7 Å². The Hall–Kier alpha value is -2.01. The number of hydrogen-bond donors (Lipinski definition) is 2. The van der Waals surface area contributed by atoms with Crippen LogP contribution in [0.4, 0.5) is 0 Å². The van der Waals surface area contributed by atoms with Crippen molar-refractivity contribution in [1.82, 2.24) is 0 Å². The lowest BCUT2D eigenvalue weighted by Gasteiger charge is -2.21. The maximum Gasteiger partial charge on any atom is 0.213 e. The molecule has 0 aliphatic carbocycles. The van der Waals surface area contributed by atoms with Gasteiger partial charge in [-0.2, -0.15) is 0 Å². The van der Waals surface area contributed by atoms with Gasteiger partial charge in [0.1, 0.15) is 21.3 Å². The molecule has 0 aliphatic heterocycles. The predicted molar refractivity (Wildman–Crippen MR) is 99.1 cm³/mol. The molecule has 4 nitrogen and oxygen atoms in total. The third-order valence-corrected chi connectivity index (χ3v) is 6.08. The molecule has 0 bridgehead atoms. The van der Waals surface area contributed by atoms with Crippen LogP contribution < -0.4 is 0 Å². The highest BCUT2D eigenvalue weighted by atomic mass is 32.2. The molecule has 136 valence electrons. The van der Waals surface area contributed by atoms with Gasteiger partial charge in [0.15, 0.2) is 0 Å². The monoisotopic (exact) mass is 362 g/mol.